The SMILES string of the molecule is COC(=O)c1cc(C#Cc2ccc3ccccc3c2)c2cccc([N+](=O)[O-])c2n1. The van der Waals surface area contributed by atoms with Crippen LogP contribution in [-0.4, -0.2) is 23.0 Å². The van der Waals surface area contributed by atoms with E-state index in [-0.39, 0.29) is 16.9 Å². The zero-order valence-corrected chi connectivity index (χ0v) is 15.4. The summed E-state index contributed by atoms with van der Waals surface area (Å²) in [6, 6.07) is 19.9. The van der Waals surface area contributed by atoms with Crippen molar-refractivity contribution in [2.24, 2.45) is 0 Å². The van der Waals surface area contributed by atoms with Gasteiger partial charge >= 0.3 is 5.97 Å². The van der Waals surface area contributed by atoms with E-state index >= 15 is 0 Å². The van der Waals surface area contributed by atoms with Crippen molar-refractivity contribution < 1.29 is 14.5 Å². The number of benzene rings is 3. The number of aromatic nitrogens is 1. The Morgan fingerprint density at radius 1 is 1.00 bits per heavy atom. The number of rotatable bonds is 2. The predicted molar refractivity (Wildman–Crippen MR) is 110 cm³/mol. The third-order valence-electron chi connectivity index (χ3n) is 4.50. The molecule has 0 unspecified atom stereocenters. The summed E-state index contributed by atoms with van der Waals surface area (Å²) in [5.74, 6) is 5.43. The molecule has 0 fully saturated rings. The summed E-state index contributed by atoms with van der Waals surface area (Å²) < 4.78 is 4.73. The molecule has 6 nitrogen and oxygen atoms in total. The van der Waals surface area contributed by atoms with Gasteiger partial charge < -0.3 is 4.74 Å². The van der Waals surface area contributed by atoms with Crippen LogP contribution in [0.2, 0.25) is 0 Å². The lowest BCUT2D eigenvalue weighted by Gasteiger charge is -2.05. The van der Waals surface area contributed by atoms with Crippen molar-refractivity contribution >= 4 is 33.3 Å². The number of carbonyl (C=O) groups excluding carboxylic acids is 1. The quantitative estimate of drug-likeness (QED) is 0.221. The summed E-state index contributed by atoms with van der Waals surface area (Å²) in [5, 5.41) is 14.1. The second kappa shape index (κ2) is 7.41. The van der Waals surface area contributed by atoms with Gasteiger partial charge in [0.25, 0.3) is 5.69 Å². The van der Waals surface area contributed by atoms with E-state index in [1.54, 1.807) is 12.1 Å². The first-order valence-corrected chi connectivity index (χ1v) is 8.74. The second-order valence-electron chi connectivity index (χ2n) is 6.29. The molecule has 0 aliphatic carbocycles. The van der Waals surface area contributed by atoms with E-state index in [0.717, 1.165) is 16.3 Å². The van der Waals surface area contributed by atoms with Gasteiger partial charge in [0.15, 0.2) is 5.69 Å². The molecular weight excluding hydrogens is 368 g/mol. The van der Waals surface area contributed by atoms with E-state index in [9.17, 15) is 14.9 Å². The van der Waals surface area contributed by atoms with Gasteiger partial charge in [-0.3, -0.25) is 10.1 Å². The maximum Gasteiger partial charge on any atom is 0.356 e. The summed E-state index contributed by atoms with van der Waals surface area (Å²) in [7, 11) is 1.23. The highest BCUT2D eigenvalue weighted by Crippen LogP contribution is 2.27. The van der Waals surface area contributed by atoms with Crippen LogP contribution in [0.25, 0.3) is 21.7 Å². The Hall–Kier alpha value is -4.24. The molecule has 0 N–H and O–H groups in total. The Morgan fingerprint density at radius 2 is 1.79 bits per heavy atom. The minimum atomic E-state index is -0.682. The largest absolute Gasteiger partial charge is 0.464 e. The number of esters is 1. The maximum absolute atomic E-state index is 12.0. The molecule has 1 aromatic heterocycles. The van der Waals surface area contributed by atoms with Crippen LogP contribution in [0.4, 0.5) is 5.69 Å². The maximum atomic E-state index is 12.0. The molecule has 0 spiro atoms. The van der Waals surface area contributed by atoms with Crippen LogP contribution in [0.3, 0.4) is 0 Å². The molecule has 0 bridgehead atoms. The number of ether oxygens (including phenoxy) is 1. The Bertz CT molecular complexity index is 1350. The van der Waals surface area contributed by atoms with E-state index in [1.807, 2.05) is 42.5 Å². The number of para-hydroxylation sites is 1. The molecule has 6 heteroatoms. The van der Waals surface area contributed by atoms with Crippen molar-refractivity contribution in [3.63, 3.8) is 0 Å². The molecule has 0 saturated carbocycles. The summed E-state index contributed by atoms with van der Waals surface area (Å²) in [5.41, 5.74) is 1.13. The zero-order chi connectivity index (χ0) is 20.4. The van der Waals surface area contributed by atoms with Crippen molar-refractivity contribution in [1.29, 1.82) is 0 Å². The number of carbonyl (C=O) groups is 1. The molecular formula is C23H14N2O4. The summed E-state index contributed by atoms with van der Waals surface area (Å²) in [6.07, 6.45) is 0. The molecule has 0 aliphatic rings. The topological polar surface area (TPSA) is 82.3 Å². The fourth-order valence-corrected chi connectivity index (χ4v) is 3.10. The monoisotopic (exact) mass is 382 g/mol. The zero-order valence-electron chi connectivity index (χ0n) is 15.4. The number of nitro groups is 1. The molecule has 0 radical (unpaired) electrons. The van der Waals surface area contributed by atoms with E-state index < -0.39 is 10.9 Å². The number of non-ortho nitro benzene ring substituents is 1. The van der Waals surface area contributed by atoms with E-state index in [0.29, 0.717) is 10.9 Å². The van der Waals surface area contributed by atoms with Gasteiger partial charge in [0, 0.05) is 22.6 Å². The average molecular weight is 382 g/mol. The van der Waals surface area contributed by atoms with Crippen molar-refractivity contribution in [1.82, 2.24) is 4.98 Å². The molecule has 1 heterocycles. The molecule has 0 atom stereocenters. The van der Waals surface area contributed by atoms with Gasteiger partial charge in [-0.15, -0.1) is 0 Å². The highest BCUT2D eigenvalue weighted by Gasteiger charge is 2.18. The van der Waals surface area contributed by atoms with Crippen LogP contribution in [0.5, 0.6) is 0 Å². The fourth-order valence-electron chi connectivity index (χ4n) is 3.10. The van der Waals surface area contributed by atoms with Gasteiger partial charge in [0.1, 0.15) is 5.52 Å². The number of methoxy groups -OCH3 is 1. The Kier molecular flexibility index (Phi) is 4.63. The molecule has 4 rings (SSSR count). The minimum Gasteiger partial charge on any atom is -0.464 e. The lowest BCUT2D eigenvalue weighted by Crippen LogP contribution is -2.06. The van der Waals surface area contributed by atoms with Crippen LogP contribution in [0.15, 0.2) is 66.7 Å². The summed E-state index contributed by atoms with van der Waals surface area (Å²) >= 11 is 0. The fraction of sp³-hybridized carbons (Fsp3) is 0.0435. The van der Waals surface area contributed by atoms with Gasteiger partial charge in [0.05, 0.1) is 12.0 Å². The number of pyridine rings is 1. The highest BCUT2D eigenvalue weighted by atomic mass is 16.6. The Balaban J connectivity index is 1.90. The van der Waals surface area contributed by atoms with Crippen molar-refractivity contribution in [3.8, 4) is 11.8 Å². The molecule has 140 valence electrons. The van der Waals surface area contributed by atoms with E-state index in [4.69, 9.17) is 4.74 Å². The number of hydrogen-bond donors (Lipinski definition) is 0. The molecule has 0 amide bonds. The van der Waals surface area contributed by atoms with Crippen molar-refractivity contribution in [3.05, 3.63) is 93.7 Å². The van der Waals surface area contributed by atoms with Crippen LogP contribution in [0.1, 0.15) is 21.6 Å². The van der Waals surface area contributed by atoms with E-state index in [2.05, 4.69) is 16.8 Å². The third-order valence-corrected chi connectivity index (χ3v) is 4.50. The first-order valence-electron chi connectivity index (χ1n) is 8.74. The summed E-state index contributed by atoms with van der Waals surface area (Å²) in [6.45, 7) is 0. The molecule has 3 aromatic carbocycles. The molecule has 0 saturated heterocycles. The molecule has 29 heavy (non-hydrogen) atoms. The van der Waals surface area contributed by atoms with Crippen LogP contribution < -0.4 is 0 Å². The number of fused-ring (bicyclic) bond motifs is 2. The Labute approximate surface area is 165 Å². The average Bonchev–Trinajstić information content (AvgIpc) is 2.75. The normalized spacial score (nSPS) is 10.4. The number of nitrogens with zero attached hydrogens (tertiary/aromatic N) is 2. The molecule has 0 aliphatic heterocycles. The van der Waals surface area contributed by atoms with Crippen LogP contribution in [-0.2, 0) is 4.74 Å². The van der Waals surface area contributed by atoms with E-state index in [1.165, 1.54) is 19.2 Å². The highest BCUT2D eigenvalue weighted by molar-refractivity contribution is 5.97. The van der Waals surface area contributed by atoms with Crippen molar-refractivity contribution in [2.75, 3.05) is 7.11 Å². The van der Waals surface area contributed by atoms with Crippen LogP contribution >= 0.6 is 0 Å². The molecule has 4 aromatic rings. The van der Waals surface area contributed by atoms with Gasteiger partial charge in [0.2, 0.25) is 0 Å². The van der Waals surface area contributed by atoms with Crippen LogP contribution in [0, 0.1) is 22.0 Å². The lowest BCUT2D eigenvalue weighted by atomic mass is 10.0. The summed E-state index contributed by atoms with van der Waals surface area (Å²) in [4.78, 5) is 27.0. The number of hydrogen-bond acceptors (Lipinski definition) is 5. The van der Waals surface area contributed by atoms with Gasteiger partial charge in [-0.2, -0.15) is 0 Å². The Morgan fingerprint density at radius 3 is 2.55 bits per heavy atom. The minimum absolute atomic E-state index is 0.0305. The lowest BCUT2D eigenvalue weighted by molar-refractivity contribution is -0.383. The van der Waals surface area contributed by atoms with Gasteiger partial charge in [-0.05, 0) is 29.0 Å². The standard InChI is InChI=1S/C23H14N2O4/c1-29-23(26)20-14-18(19-7-4-8-21(25(27)28)22(19)24-20)12-10-15-9-11-16-5-2-3-6-17(16)13-15/h2-9,11,13-14H,1H3. The second-order valence-corrected chi connectivity index (χ2v) is 6.29. The first-order chi connectivity index (χ1) is 14.1. The van der Waals surface area contributed by atoms with Gasteiger partial charge in [-0.25, -0.2) is 9.78 Å². The predicted octanol–water partition coefficient (Wildman–Crippen LogP) is 4.48. The smallest absolute Gasteiger partial charge is 0.356 e. The van der Waals surface area contributed by atoms with Crippen molar-refractivity contribution in [2.45, 2.75) is 0 Å². The number of nitro benzene ring substituents is 1. The van der Waals surface area contributed by atoms with Gasteiger partial charge in [-0.1, -0.05) is 54.3 Å². The first kappa shape index (κ1) is 18.1. The third kappa shape index (κ3) is 3.49.